The fourth-order valence-corrected chi connectivity index (χ4v) is 0.463. The van der Waals surface area contributed by atoms with Gasteiger partial charge in [-0.25, -0.2) is 0 Å². The summed E-state index contributed by atoms with van der Waals surface area (Å²) in [5.74, 6) is -0.290. The van der Waals surface area contributed by atoms with Crippen LogP contribution in [0.25, 0.3) is 0 Å². The Morgan fingerprint density at radius 2 is 2.00 bits per heavy atom. The lowest BCUT2D eigenvalue weighted by Gasteiger charge is -2.28. The van der Waals surface area contributed by atoms with Gasteiger partial charge in [0.25, 0.3) is 0 Å². The lowest BCUT2D eigenvalue weighted by molar-refractivity contribution is -0.155. The molecule has 0 aliphatic carbocycles. The summed E-state index contributed by atoms with van der Waals surface area (Å²) in [5, 5.41) is 0. The van der Waals surface area contributed by atoms with E-state index in [1.807, 2.05) is 6.92 Å². The van der Waals surface area contributed by atoms with Crippen molar-refractivity contribution < 1.29 is 9.53 Å². The lowest BCUT2D eigenvalue weighted by Crippen LogP contribution is -2.44. The Hall–Kier alpha value is -0.570. The fraction of sp³-hybridized carbons (Fsp3) is 0.857. The average Bonchev–Trinajstić information content (AvgIpc) is 1.60. The van der Waals surface area contributed by atoms with Crippen LogP contribution in [0.4, 0.5) is 0 Å². The molecule has 0 aromatic carbocycles. The summed E-state index contributed by atoms with van der Waals surface area (Å²) in [6, 6.07) is -0.142. The Balaban J connectivity index is 3.99. The molecule has 0 bridgehead atoms. The highest BCUT2D eigenvalue weighted by atomic mass is 16.6. The zero-order chi connectivity index (χ0) is 8.36. The third-order valence-electron chi connectivity index (χ3n) is 1.50. The molecule has 1 unspecified atom stereocenters. The van der Waals surface area contributed by atoms with E-state index >= 15 is 0 Å². The van der Waals surface area contributed by atoms with Crippen molar-refractivity contribution in [1.29, 1.82) is 0 Å². The van der Waals surface area contributed by atoms with E-state index in [-0.39, 0.29) is 12.0 Å². The quantitative estimate of drug-likeness (QED) is 0.581. The molecule has 0 fully saturated rings. The number of hydrogen-bond donors (Lipinski definition) is 1. The largest absolute Gasteiger partial charge is 0.458 e. The summed E-state index contributed by atoms with van der Waals surface area (Å²) in [6.45, 7) is 6.77. The first-order valence-corrected chi connectivity index (χ1v) is 3.31. The molecule has 0 heterocycles. The van der Waals surface area contributed by atoms with Crippen LogP contribution in [0.15, 0.2) is 0 Å². The van der Waals surface area contributed by atoms with E-state index in [0.29, 0.717) is 0 Å². The van der Waals surface area contributed by atoms with E-state index in [1.54, 1.807) is 13.8 Å². The molecular formula is C7H15NO2. The van der Waals surface area contributed by atoms with Gasteiger partial charge in [-0.15, -0.1) is 0 Å². The monoisotopic (exact) mass is 145 g/mol. The summed E-state index contributed by atoms with van der Waals surface area (Å²) in [5.41, 5.74) is 4.99. The summed E-state index contributed by atoms with van der Waals surface area (Å²) >= 11 is 0. The topological polar surface area (TPSA) is 52.3 Å². The zero-order valence-electron chi connectivity index (χ0n) is 6.97. The molecule has 0 aromatic rings. The van der Waals surface area contributed by atoms with Gasteiger partial charge in [-0.3, -0.25) is 4.79 Å². The van der Waals surface area contributed by atoms with Gasteiger partial charge in [-0.2, -0.15) is 0 Å². The van der Waals surface area contributed by atoms with E-state index in [2.05, 4.69) is 0 Å². The number of carbonyl (C=O) groups is 1. The summed E-state index contributed by atoms with van der Waals surface area (Å²) in [4.78, 5) is 10.5. The Bertz CT molecular complexity index is 130. The van der Waals surface area contributed by atoms with Crippen LogP contribution in [0.3, 0.4) is 0 Å². The number of esters is 1. The van der Waals surface area contributed by atoms with Crippen LogP contribution >= 0.6 is 0 Å². The molecular weight excluding hydrogens is 130 g/mol. The standard InChI is InChI=1S/C7H15NO2/c1-5(8)7(3,4)10-6(2)9/h5H,8H2,1-4H3. The minimum atomic E-state index is -0.550. The molecule has 3 heteroatoms. The zero-order valence-corrected chi connectivity index (χ0v) is 6.97. The number of nitrogens with two attached hydrogens (primary N) is 1. The number of rotatable bonds is 2. The van der Waals surface area contributed by atoms with Gasteiger partial charge >= 0.3 is 5.97 Å². The maximum Gasteiger partial charge on any atom is 0.303 e. The molecule has 0 saturated heterocycles. The summed E-state index contributed by atoms with van der Waals surface area (Å²) in [7, 11) is 0. The first kappa shape index (κ1) is 9.43. The van der Waals surface area contributed by atoms with Crippen molar-refractivity contribution in [2.45, 2.75) is 39.3 Å². The third-order valence-corrected chi connectivity index (χ3v) is 1.50. The van der Waals surface area contributed by atoms with Gasteiger partial charge in [-0.05, 0) is 20.8 Å². The molecule has 0 amide bonds. The molecule has 3 nitrogen and oxygen atoms in total. The van der Waals surface area contributed by atoms with E-state index in [0.717, 1.165) is 0 Å². The van der Waals surface area contributed by atoms with E-state index in [1.165, 1.54) is 6.92 Å². The van der Waals surface area contributed by atoms with Crippen molar-refractivity contribution in [3.63, 3.8) is 0 Å². The Morgan fingerprint density at radius 3 is 2.10 bits per heavy atom. The van der Waals surface area contributed by atoms with Crippen LogP contribution in [0, 0.1) is 0 Å². The van der Waals surface area contributed by atoms with Gasteiger partial charge in [0.2, 0.25) is 0 Å². The second kappa shape index (κ2) is 3.01. The third kappa shape index (κ3) is 2.82. The maximum atomic E-state index is 10.5. The van der Waals surface area contributed by atoms with Gasteiger partial charge in [0.15, 0.2) is 0 Å². The van der Waals surface area contributed by atoms with E-state index in [9.17, 15) is 4.79 Å². The van der Waals surface area contributed by atoms with Crippen LogP contribution in [0.1, 0.15) is 27.7 Å². The summed E-state index contributed by atoms with van der Waals surface area (Å²) < 4.78 is 4.94. The van der Waals surface area contributed by atoms with Gasteiger partial charge in [0.1, 0.15) is 5.60 Å². The van der Waals surface area contributed by atoms with E-state index < -0.39 is 5.60 Å². The first-order chi connectivity index (χ1) is 4.36. The SMILES string of the molecule is CC(=O)OC(C)(C)C(C)N. The minimum Gasteiger partial charge on any atom is -0.458 e. The van der Waals surface area contributed by atoms with Crippen molar-refractivity contribution in [2.24, 2.45) is 5.73 Å². The fourth-order valence-electron chi connectivity index (χ4n) is 0.463. The normalized spacial score (nSPS) is 14.5. The van der Waals surface area contributed by atoms with Crippen molar-refractivity contribution in [2.75, 3.05) is 0 Å². The Kier molecular flexibility index (Phi) is 2.84. The van der Waals surface area contributed by atoms with Crippen LogP contribution in [0.5, 0.6) is 0 Å². The minimum absolute atomic E-state index is 0.142. The van der Waals surface area contributed by atoms with Crippen molar-refractivity contribution in [1.82, 2.24) is 0 Å². The number of ether oxygens (including phenoxy) is 1. The molecule has 1 atom stereocenters. The maximum absolute atomic E-state index is 10.5. The van der Waals surface area contributed by atoms with Crippen molar-refractivity contribution in [3.8, 4) is 0 Å². The molecule has 0 rings (SSSR count). The molecule has 0 saturated carbocycles. The lowest BCUT2D eigenvalue weighted by atomic mass is 10.0. The average molecular weight is 145 g/mol. The second-order valence-electron chi connectivity index (χ2n) is 2.99. The molecule has 0 aromatic heterocycles. The van der Waals surface area contributed by atoms with Gasteiger partial charge in [-0.1, -0.05) is 0 Å². The summed E-state index contributed by atoms with van der Waals surface area (Å²) in [6.07, 6.45) is 0. The van der Waals surface area contributed by atoms with Gasteiger partial charge in [0, 0.05) is 13.0 Å². The smallest absolute Gasteiger partial charge is 0.303 e. The van der Waals surface area contributed by atoms with Crippen molar-refractivity contribution >= 4 is 5.97 Å². The van der Waals surface area contributed by atoms with Crippen LogP contribution < -0.4 is 5.73 Å². The first-order valence-electron chi connectivity index (χ1n) is 3.31. The number of hydrogen-bond acceptors (Lipinski definition) is 3. The van der Waals surface area contributed by atoms with Crippen molar-refractivity contribution in [3.05, 3.63) is 0 Å². The molecule has 0 aliphatic heterocycles. The Morgan fingerprint density at radius 1 is 1.60 bits per heavy atom. The predicted octanol–water partition coefficient (Wildman–Crippen LogP) is 0.675. The number of carbonyl (C=O) groups excluding carboxylic acids is 1. The molecule has 60 valence electrons. The second-order valence-corrected chi connectivity index (χ2v) is 2.99. The van der Waals surface area contributed by atoms with Gasteiger partial charge in [0.05, 0.1) is 0 Å². The molecule has 0 aliphatic rings. The van der Waals surface area contributed by atoms with Crippen LogP contribution in [-0.2, 0) is 9.53 Å². The molecule has 0 radical (unpaired) electrons. The highest BCUT2D eigenvalue weighted by Gasteiger charge is 2.25. The molecule has 10 heavy (non-hydrogen) atoms. The van der Waals surface area contributed by atoms with Crippen LogP contribution in [-0.4, -0.2) is 17.6 Å². The highest BCUT2D eigenvalue weighted by molar-refractivity contribution is 5.66. The highest BCUT2D eigenvalue weighted by Crippen LogP contribution is 2.12. The van der Waals surface area contributed by atoms with E-state index in [4.69, 9.17) is 10.5 Å². The van der Waals surface area contributed by atoms with Gasteiger partial charge < -0.3 is 10.5 Å². The molecule has 2 N–H and O–H groups in total. The predicted molar refractivity (Wildman–Crippen MR) is 39.5 cm³/mol. The molecule has 0 spiro atoms. The Labute approximate surface area is 61.5 Å². The van der Waals surface area contributed by atoms with Crippen LogP contribution in [0.2, 0.25) is 0 Å².